The second kappa shape index (κ2) is 5.82. The molecule has 2 heterocycles. The number of nitrogens with two attached hydrogens (primary N) is 1. The van der Waals surface area contributed by atoms with Crippen LogP contribution in [0.3, 0.4) is 0 Å². The van der Waals surface area contributed by atoms with E-state index in [2.05, 4.69) is 45.4 Å². The SMILES string of the molecule is CN(Cc1cccs1)C(CN)c1ccc(Br)o1. The van der Waals surface area contributed by atoms with Crippen LogP contribution in [0.1, 0.15) is 16.7 Å². The van der Waals surface area contributed by atoms with Crippen LogP contribution in [-0.2, 0) is 6.54 Å². The lowest BCUT2D eigenvalue weighted by molar-refractivity contribution is 0.213. The molecule has 1 unspecified atom stereocenters. The molecule has 0 aliphatic rings. The van der Waals surface area contributed by atoms with Crippen LogP contribution >= 0.6 is 27.3 Å². The monoisotopic (exact) mass is 314 g/mol. The Kier molecular flexibility index (Phi) is 4.39. The molecule has 0 amide bonds. The number of furan rings is 1. The van der Waals surface area contributed by atoms with Gasteiger partial charge < -0.3 is 10.2 Å². The van der Waals surface area contributed by atoms with E-state index in [0.29, 0.717) is 6.54 Å². The molecule has 92 valence electrons. The van der Waals surface area contributed by atoms with E-state index in [-0.39, 0.29) is 6.04 Å². The summed E-state index contributed by atoms with van der Waals surface area (Å²) in [7, 11) is 2.06. The number of nitrogens with zero attached hydrogens (tertiary/aromatic N) is 1. The Morgan fingerprint density at radius 3 is 2.82 bits per heavy atom. The lowest BCUT2D eigenvalue weighted by atomic mass is 10.2. The van der Waals surface area contributed by atoms with Gasteiger partial charge in [0.05, 0.1) is 6.04 Å². The highest BCUT2D eigenvalue weighted by molar-refractivity contribution is 9.10. The topological polar surface area (TPSA) is 42.4 Å². The molecular formula is C12H15BrN2OS. The number of likely N-dealkylation sites (N-methyl/N-ethyl adjacent to an activating group) is 1. The minimum Gasteiger partial charge on any atom is -0.453 e. The van der Waals surface area contributed by atoms with Gasteiger partial charge in [-0.3, -0.25) is 4.90 Å². The van der Waals surface area contributed by atoms with Crippen LogP contribution in [0.25, 0.3) is 0 Å². The van der Waals surface area contributed by atoms with Gasteiger partial charge in [-0.1, -0.05) is 6.07 Å². The minimum atomic E-state index is 0.114. The van der Waals surface area contributed by atoms with Crippen LogP contribution in [0.4, 0.5) is 0 Å². The minimum absolute atomic E-state index is 0.114. The average molecular weight is 315 g/mol. The summed E-state index contributed by atoms with van der Waals surface area (Å²) < 4.78 is 6.32. The second-order valence-electron chi connectivity index (χ2n) is 3.89. The number of thiophene rings is 1. The van der Waals surface area contributed by atoms with E-state index >= 15 is 0 Å². The van der Waals surface area contributed by atoms with Crippen LogP contribution in [0.2, 0.25) is 0 Å². The summed E-state index contributed by atoms with van der Waals surface area (Å²) in [5.74, 6) is 0.901. The molecule has 0 radical (unpaired) electrons. The predicted molar refractivity (Wildman–Crippen MR) is 74.0 cm³/mol. The zero-order chi connectivity index (χ0) is 12.3. The zero-order valence-electron chi connectivity index (χ0n) is 9.60. The molecule has 0 saturated heterocycles. The highest BCUT2D eigenvalue weighted by Gasteiger charge is 2.19. The standard InChI is InChI=1S/C12H15BrN2OS/c1-15(8-9-3-2-6-17-9)10(7-14)11-4-5-12(13)16-11/h2-6,10H,7-8,14H2,1H3. The lowest BCUT2D eigenvalue weighted by Gasteiger charge is -2.24. The van der Waals surface area contributed by atoms with Gasteiger partial charge in [0.25, 0.3) is 0 Å². The molecule has 1 atom stereocenters. The number of hydrogen-bond acceptors (Lipinski definition) is 4. The smallest absolute Gasteiger partial charge is 0.169 e. The Morgan fingerprint density at radius 1 is 1.47 bits per heavy atom. The fourth-order valence-corrected chi connectivity index (χ4v) is 2.87. The summed E-state index contributed by atoms with van der Waals surface area (Å²) in [6.45, 7) is 1.43. The fraction of sp³-hybridized carbons (Fsp3) is 0.333. The third-order valence-corrected chi connectivity index (χ3v) is 3.95. The molecule has 2 N–H and O–H groups in total. The van der Waals surface area contributed by atoms with Crippen LogP contribution < -0.4 is 5.73 Å². The maximum atomic E-state index is 5.83. The van der Waals surface area contributed by atoms with Crippen molar-refractivity contribution in [2.75, 3.05) is 13.6 Å². The Bertz CT molecular complexity index is 455. The van der Waals surface area contributed by atoms with Crippen LogP contribution in [0.15, 0.2) is 38.7 Å². The molecule has 2 rings (SSSR count). The molecule has 3 nitrogen and oxygen atoms in total. The Labute approximate surface area is 113 Å². The lowest BCUT2D eigenvalue weighted by Crippen LogP contribution is -2.29. The Morgan fingerprint density at radius 2 is 2.29 bits per heavy atom. The zero-order valence-corrected chi connectivity index (χ0v) is 12.0. The van der Waals surface area contributed by atoms with Crippen LogP contribution in [-0.4, -0.2) is 18.5 Å². The van der Waals surface area contributed by atoms with Gasteiger partial charge in [0, 0.05) is 18.0 Å². The molecule has 0 spiro atoms. The van der Waals surface area contributed by atoms with E-state index in [1.54, 1.807) is 11.3 Å². The van der Waals surface area contributed by atoms with Gasteiger partial charge in [0.2, 0.25) is 0 Å². The average Bonchev–Trinajstić information content (AvgIpc) is 2.91. The van der Waals surface area contributed by atoms with Gasteiger partial charge in [-0.25, -0.2) is 0 Å². The highest BCUT2D eigenvalue weighted by atomic mass is 79.9. The molecule has 0 bridgehead atoms. The molecule has 17 heavy (non-hydrogen) atoms. The fourth-order valence-electron chi connectivity index (χ4n) is 1.78. The molecule has 2 aromatic rings. The second-order valence-corrected chi connectivity index (χ2v) is 5.70. The highest BCUT2D eigenvalue weighted by Crippen LogP contribution is 2.25. The van der Waals surface area contributed by atoms with Gasteiger partial charge in [-0.2, -0.15) is 0 Å². The third kappa shape index (κ3) is 3.19. The van der Waals surface area contributed by atoms with Crippen LogP contribution in [0, 0.1) is 0 Å². The quantitative estimate of drug-likeness (QED) is 0.921. The molecule has 5 heteroatoms. The van der Waals surface area contributed by atoms with Crippen molar-refractivity contribution in [2.24, 2.45) is 5.73 Å². The molecule has 0 saturated carbocycles. The van der Waals surface area contributed by atoms with Crippen molar-refractivity contribution in [3.05, 3.63) is 45.0 Å². The first-order chi connectivity index (χ1) is 8.20. The summed E-state index contributed by atoms with van der Waals surface area (Å²) in [5, 5.41) is 2.09. The maximum absolute atomic E-state index is 5.83. The van der Waals surface area contributed by atoms with Crippen molar-refractivity contribution in [3.8, 4) is 0 Å². The summed E-state index contributed by atoms with van der Waals surface area (Å²) in [6, 6.07) is 8.17. The Hall–Kier alpha value is -0.620. The van der Waals surface area contributed by atoms with E-state index in [1.165, 1.54) is 4.88 Å². The number of halogens is 1. The van der Waals surface area contributed by atoms with Crippen molar-refractivity contribution in [2.45, 2.75) is 12.6 Å². The summed E-state index contributed by atoms with van der Waals surface area (Å²) in [4.78, 5) is 3.54. The predicted octanol–water partition coefficient (Wildman–Crippen LogP) is 3.24. The van der Waals surface area contributed by atoms with E-state index in [0.717, 1.165) is 17.0 Å². The number of hydrogen-bond donors (Lipinski definition) is 1. The third-order valence-electron chi connectivity index (χ3n) is 2.66. The van der Waals surface area contributed by atoms with Gasteiger partial charge >= 0.3 is 0 Å². The summed E-state index contributed by atoms with van der Waals surface area (Å²) in [5.41, 5.74) is 5.83. The first kappa shape index (κ1) is 12.8. The molecule has 0 fully saturated rings. The van der Waals surface area contributed by atoms with Crippen molar-refractivity contribution >= 4 is 27.3 Å². The summed E-state index contributed by atoms with van der Waals surface area (Å²) >= 11 is 5.07. The normalized spacial score (nSPS) is 13.2. The molecule has 0 aliphatic heterocycles. The van der Waals surface area contributed by atoms with Crippen molar-refractivity contribution in [1.82, 2.24) is 4.90 Å². The van der Waals surface area contributed by atoms with Gasteiger partial charge in [-0.15, -0.1) is 11.3 Å². The molecule has 0 aromatic carbocycles. The summed E-state index contributed by atoms with van der Waals surface area (Å²) in [6.07, 6.45) is 0. The van der Waals surface area contributed by atoms with Crippen molar-refractivity contribution < 1.29 is 4.42 Å². The largest absolute Gasteiger partial charge is 0.453 e. The number of rotatable bonds is 5. The van der Waals surface area contributed by atoms with E-state index in [1.807, 2.05) is 12.1 Å². The van der Waals surface area contributed by atoms with E-state index in [9.17, 15) is 0 Å². The van der Waals surface area contributed by atoms with Gasteiger partial charge in [0.1, 0.15) is 5.76 Å². The first-order valence-electron chi connectivity index (χ1n) is 5.38. The van der Waals surface area contributed by atoms with Gasteiger partial charge in [0.15, 0.2) is 4.67 Å². The van der Waals surface area contributed by atoms with Crippen molar-refractivity contribution in [1.29, 1.82) is 0 Å². The van der Waals surface area contributed by atoms with Gasteiger partial charge in [-0.05, 0) is 46.6 Å². The van der Waals surface area contributed by atoms with E-state index < -0.39 is 0 Å². The maximum Gasteiger partial charge on any atom is 0.169 e. The Balaban J connectivity index is 2.07. The molecule has 2 aromatic heterocycles. The molecule has 0 aliphatic carbocycles. The van der Waals surface area contributed by atoms with Crippen molar-refractivity contribution in [3.63, 3.8) is 0 Å². The molecular weight excluding hydrogens is 300 g/mol. The van der Waals surface area contributed by atoms with Crippen LogP contribution in [0.5, 0.6) is 0 Å². The van der Waals surface area contributed by atoms with E-state index in [4.69, 9.17) is 10.2 Å². The first-order valence-corrected chi connectivity index (χ1v) is 7.06.